The number of hydrogen-bond donors (Lipinski definition) is 1. The summed E-state index contributed by atoms with van der Waals surface area (Å²) in [6.07, 6.45) is -4.00. The van der Waals surface area contributed by atoms with E-state index in [1.807, 2.05) is 6.92 Å². The maximum atomic E-state index is 13.0. The van der Waals surface area contributed by atoms with E-state index >= 15 is 0 Å². The van der Waals surface area contributed by atoms with Crippen molar-refractivity contribution in [2.45, 2.75) is 26.4 Å². The number of alkyl halides is 3. The Balaban J connectivity index is 2.44. The zero-order chi connectivity index (χ0) is 20.2. The number of rotatable bonds is 6. The van der Waals surface area contributed by atoms with E-state index in [0.717, 1.165) is 18.2 Å². The molecule has 0 fully saturated rings. The number of carbonyl (C=O) groups is 1. The third-order valence-corrected chi connectivity index (χ3v) is 3.68. The Morgan fingerprint density at radius 2 is 1.96 bits per heavy atom. The van der Waals surface area contributed by atoms with Crippen LogP contribution >= 0.6 is 0 Å². The van der Waals surface area contributed by atoms with Crippen LogP contribution in [0.2, 0.25) is 0 Å². The first kappa shape index (κ1) is 20.2. The number of nitrogens with one attached hydrogen (secondary N) is 1. The number of aryl methyl sites for hydroxylation is 1. The molecular formula is C18H17F3N2O4. The molecule has 0 aliphatic carbocycles. The first-order valence-electron chi connectivity index (χ1n) is 8.04. The van der Waals surface area contributed by atoms with Gasteiger partial charge in [0.2, 0.25) is 0 Å². The number of nitrogens with zero attached hydrogens (tertiary/aromatic N) is 1. The number of para-hydroxylation sites is 1. The second kappa shape index (κ2) is 8.07. The van der Waals surface area contributed by atoms with Crippen molar-refractivity contribution in [3.8, 4) is 5.75 Å². The highest BCUT2D eigenvalue weighted by Crippen LogP contribution is 2.35. The number of anilines is 1. The summed E-state index contributed by atoms with van der Waals surface area (Å²) in [7, 11) is 0. The summed E-state index contributed by atoms with van der Waals surface area (Å²) in [6, 6.07) is 6.85. The standard InChI is InChI=1S/C18H17F3N2O4/c1-3-9-27-15-8-7-12(18(19,20)21)10-14(15)22-17(24)13-6-4-5-11(2)16(13)23(25)26/h4-8,10H,3,9H2,1-2H3,(H,22,24). The minimum absolute atomic E-state index is 0.0495. The molecule has 6 nitrogen and oxygen atoms in total. The molecule has 27 heavy (non-hydrogen) atoms. The van der Waals surface area contributed by atoms with Crippen LogP contribution in [0.5, 0.6) is 5.75 Å². The number of halogens is 3. The van der Waals surface area contributed by atoms with Crippen LogP contribution < -0.4 is 10.1 Å². The first-order valence-corrected chi connectivity index (χ1v) is 8.04. The molecule has 0 radical (unpaired) electrons. The average molecular weight is 382 g/mol. The largest absolute Gasteiger partial charge is 0.491 e. The molecule has 0 bridgehead atoms. The number of carbonyl (C=O) groups excluding carboxylic acids is 1. The molecule has 0 saturated carbocycles. The van der Waals surface area contributed by atoms with Crippen molar-refractivity contribution >= 4 is 17.3 Å². The molecule has 0 aliphatic rings. The molecule has 2 rings (SSSR count). The fraction of sp³-hybridized carbons (Fsp3) is 0.278. The second-order valence-electron chi connectivity index (χ2n) is 5.74. The second-order valence-corrected chi connectivity index (χ2v) is 5.74. The van der Waals surface area contributed by atoms with E-state index in [9.17, 15) is 28.1 Å². The van der Waals surface area contributed by atoms with Crippen molar-refractivity contribution in [2.24, 2.45) is 0 Å². The predicted molar refractivity (Wildman–Crippen MR) is 93.0 cm³/mol. The number of benzene rings is 2. The van der Waals surface area contributed by atoms with Crippen molar-refractivity contribution in [2.75, 3.05) is 11.9 Å². The summed E-state index contributed by atoms with van der Waals surface area (Å²) in [4.78, 5) is 23.1. The van der Waals surface area contributed by atoms with Gasteiger partial charge in [-0.05, 0) is 37.6 Å². The van der Waals surface area contributed by atoms with E-state index in [4.69, 9.17) is 4.74 Å². The minimum atomic E-state index is -4.61. The van der Waals surface area contributed by atoms with Crippen LogP contribution in [0.3, 0.4) is 0 Å². The minimum Gasteiger partial charge on any atom is -0.491 e. The summed E-state index contributed by atoms with van der Waals surface area (Å²) in [6.45, 7) is 3.52. The van der Waals surface area contributed by atoms with Gasteiger partial charge in [0.15, 0.2) is 0 Å². The lowest BCUT2D eigenvalue weighted by atomic mass is 10.1. The monoisotopic (exact) mass is 382 g/mol. The van der Waals surface area contributed by atoms with Gasteiger partial charge in [0, 0.05) is 5.56 Å². The van der Waals surface area contributed by atoms with Gasteiger partial charge in [-0.3, -0.25) is 14.9 Å². The van der Waals surface area contributed by atoms with Crippen LogP contribution in [-0.2, 0) is 6.18 Å². The summed E-state index contributed by atoms with van der Waals surface area (Å²) in [5, 5.41) is 13.5. The zero-order valence-electron chi connectivity index (χ0n) is 14.6. The molecule has 0 saturated heterocycles. The molecule has 0 aliphatic heterocycles. The van der Waals surface area contributed by atoms with E-state index in [2.05, 4.69) is 5.32 Å². The number of hydrogen-bond acceptors (Lipinski definition) is 4. The fourth-order valence-electron chi connectivity index (χ4n) is 2.42. The van der Waals surface area contributed by atoms with Crippen LogP contribution in [0.25, 0.3) is 0 Å². The lowest BCUT2D eigenvalue weighted by molar-refractivity contribution is -0.385. The van der Waals surface area contributed by atoms with Crippen LogP contribution in [0.1, 0.15) is 34.8 Å². The highest BCUT2D eigenvalue weighted by molar-refractivity contribution is 6.08. The third-order valence-electron chi connectivity index (χ3n) is 3.68. The van der Waals surface area contributed by atoms with Crippen molar-refractivity contribution in [3.05, 3.63) is 63.2 Å². The van der Waals surface area contributed by atoms with Crippen molar-refractivity contribution < 1.29 is 27.6 Å². The Kier molecular flexibility index (Phi) is 6.04. The summed E-state index contributed by atoms with van der Waals surface area (Å²) in [5.74, 6) is -0.848. The molecule has 144 valence electrons. The number of amides is 1. The Morgan fingerprint density at radius 1 is 1.26 bits per heavy atom. The van der Waals surface area contributed by atoms with Gasteiger partial charge in [-0.1, -0.05) is 19.1 Å². The molecule has 0 aromatic heterocycles. The molecule has 2 aromatic carbocycles. The summed E-state index contributed by atoms with van der Waals surface area (Å²) in [5.41, 5.74) is -1.57. The van der Waals surface area contributed by atoms with E-state index in [1.54, 1.807) is 0 Å². The van der Waals surface area contributed by atoms with Crippen molar-refractivity contribution in [3.63, 3.8) is 0 Å². The van der Waals surface area contributed by atoms with E-state index < -0.39 is 28.3 Å². The Labute approximate surface area is 153 Å². The molecular weight excluding hydrogens is 365 g/mol. The van der Waals surface area contributed by atoms with Gasteiger partial charge < -0.3 is 10.1 Å². The van der Waals surface area contributed by atoms with Crippen LogP contribution in [0.15, 0.2) is 36.4 Å². The predicted octanol–water partition coefficient (Wildman–Crippen LogP) is 4.96. The molecule has 0 unspecified atom stereocenters. The normalized spacial score (nSPS) is 11.1. The number of nitro groups is 1. The molecule has 9 heteroatoms. The maximum Gasteiger partial charge on any atom is 0.416 e. The van der Waals surface area contributed by atoms with Gasteiger partial charge in [-0.2, -0.15) is 13.2 Å². The van der Waals surface area contributed by atoms with Gasteiger partial charge >= 0.3 is 6.18 Å². The van der Waals surface area contributed by atoms with Gasteiger partial charge in [0.05, 0.1) is 22.8 Å². The zero-order valence-corrected chi connectivity index (χ0v) is 14.6. The molecule has 0 heterocycles. The molecule has 2 aromatic rings. The fourth-order valence-corrected chi connectivity index (χ4v) is 2.42. The van der Waals surface area contributed by atoms with Gasteiger partial charge in [0.25, 0.3) is 11.6 Å². The topological polar surface area (TPSA) is 81.5 Å². The lowest BCUT2D eigenvalue weighted by Gasteiger charge is -2.15. The van der Waals surface area contributed by atoms with E-state index in [0.29, 0.717) is 6.42 Å². The van der Waals surface area contributed by atoms with Crippen LogP contribution in [0.4, 0.5) is 24.5 Å². The summed E-state index contributed by atoms with van der Waals surface area (Å²) < 4.78 is 44.4. The SMILES string of the molecule is CCCOc1ccc(C(F)(F)F)cc1NC(=O)c1cccc(C)c1[N+](=O)[O-]. The Morgan fingerprint density at radius 3 is 2.56 bits per heavy atom. The van der Waals surface area contributed by atoms with Gasteiger partial charge in [-0.25, -0.2) is 0 Å². The Bertz CT molecular complexity index is 866. The molecule has 1 N–H and O–H groups in total. The first-order chi connectivity index (χ1) is 12.6. The summed E-state index contributed by atoms with van der Waals surface area (Å²) >= 11 is 0. The van der Waals surface area contributed by atoms with Gasteiger partial charge in [-0.15, -0.1) is 0 Å². The maximum absolute atomic E-state index is 13.0. The smallest absolute Gasteiger partial charge is 0.416 e. The van der Waals surface area contributed by atoms with Crippen molar-refractivity contribution in [1.29, 1.82) is 0 Å². The van der Waals surface area contributed by atoms with E-state index in [1.165, 1.54) is 25.1 Å². The quantitative estimate of drug-likeness (QED) is 0.565. The molecule has 0 atom stereocenters. The van der Waals surface area contributed by atoms with Crippen LogP contribution in [0, 0.1) is 17.0 Å². The van der Waals surface area contributed by atoms with Gasteiger partial charge in [0.1, 0.15) is 11.3 Å². The number of nitro benzene ring substituents is 1. The highest BCUT2D eigenvalue weighted by Gasteiger charge is 2.32. The molecule has 1 amide bonds. The van der Waals surface area contributed by atoms with Crippen LogP contribution in [-0.4, -0.2) is 17.4 Å². The third kappa shape index (κ3) is 4.75. The van der Waals surface area contributed by atoms with E-state index in [-0.39, 0.29) is 29.2 Å². The Hall–Kier alpha value is -3.10. The number of ether oxygens (including phenoxy) is 1. The average Bonchev–Trinajstić information content (AvgIpc) is 2.59. The lowest BCUT2D eigenvalue weighted by Crippen LogP contribution is -2.16. The molecule has 0 spiro atoms. The highest BCUT2D eigenvalue weighted by atomic mass is 19.4. The van der Waals surface area contributed by atoms with Crippen molar-refractivity contribution in [1.82, 2.24) is 0 Å².